The van der Waals surface area contributed by atoms with E-state index in [4.69, 9.17) is 8.92 Å². The van der Waals surface area contributed by atoms with Gasteiger partial charge in [0.1, 0.15) is 30.0 Å². The van der Waals surface area contributed by atoms with E-state index in [-0.39, 0.29) is 18.2 Å². The summed E-state index contributed by atoms with van der Waals surface area (Å²) in [6, 6.07) is 8.14. The molecular formula is C14H17NO3S. The maximum absolute atomic E-state index is 12.2. The molecule has 4 nitrogen and oxygen atoms in total. The number of fused-ring (bicyclic) bond motifs is 3. The van der Waals surface area contributed by atoms with Gasteiger partial charge in [-0.05, 0) is 31.9 Å². The lowest BCUT2D eigenvalue weighted by Gasteiger charge is -2.25. The fraction of sp³-hybridized carbons (Fsp3) is 0.500. The van der Waals surface area contributed by atoms with Crippen molar-refractivity contribution in [3.63, 3.8) is 0 Å². The average Bonchev–Trinajstić information content (AvgIpc) is 2.84. The maximum atomic E-state index is 12.2. The molecule has 5 heteroatoms. The highest BCUT2D eigenvalue weighted by Crippen LogP contribution is 2.48. The van der Waals surface area contributed by atoms with Crippen molar-refractivity contribution in [2.75, 3.05) is 0 Å². The van der Waals surface area contributed by atoms with Crippen molar-refractivity contribution in [3.05, 3.63) is 35.4 Å². The minimum atomic E-state index is -0.492. The zero-order valence-corrected chi connectivity index (χ0v) is 12.1. The lowest BCUT2D eigenvalue weighted by atomic mass is 10.1. The van der Waals surface area contributed by atoms with Crippen LogP contribution in [0.2, 0.25) is 0 Å². The van der Waals surface area contributed by atoms with Crippen molar-refractivity contribution >= 4 is 18.3 Å². The molecule has 0 aromatic heterocycles. The molecule has 1 aromatic carbocycles. The average molecular weight is 279 g/mol. The molecule has 1 aromatic rings. The second-order valence-electron chi connectivity index (χ2n) is 5.86. The monoisotopic (exact) mass is 279 g/mol. The number of hydrogen-bond acceptors (Lipinski definition) is 4. The van der Waals surface area contributed by atoms with Gasteiger partial charge in [0, 0.05) is 6.42 Å². The zero-order valence-electron chi connectivity index (χ0n) is 11.3. The number of carbonyl (C=O) groups excluding carboxylic acids is 1. The third kappa shape index (κ3) is 2.32. The van der Waals surface area contributed by atoms with Crippen molar-refractivity contribution < 1.29 is 13.7 Å². The van der Waals surface area contributed by atoms with Gasteiger partial charge in [-0.15, -0.1) is 0 Å². The van der Waals surface area contributed by atoms with E-state index < -0.39 is 5.60 Å². The van der Waals surface area contributed by atoms with Crippen LogP contribution in [0.1, 0.15) is 37.9 Å². The van der Waals surface area contributed by atoms with Crippen molar-refractivity contribution in [2.45, 2.75) is 44.9 Å². The Labute approximate surface area is 117 Å². The van der Waals surface area contributed by atoms with Gasteiger partial charge in [-0.1, -0.05) is 24.3 Å². The van der Waals surface area contributed by atoms with Crippen LogP contribution in [0, 0.1) is 0 Å². The molecule has 2 aliphatic rings. The van der Waals surface area contributed by atoms with Crippen LogP contribution >= 0.6 is 12.2 Å². The van der Waals surface area contributed by atoms with Crippen molar-refractivity contribution in [1.82, 2.24) is 4.31 Å². The van der Waals surface area contributed by atoms with E-state index in [9.17, 15) is 4.79 Å². The predicted octanol–water partition coefficient (Wildman–Crippen LogP) is 3.48. The van der Waals surface area contributed by atoms with Crippen molar-refractivity contribution in [1.29, 1.82) is 0 Å². The number of rotatable bonds is 0. The summed E-state index contributed by atoms with van der Waals surface area (Å²) in [6.07, 6.45) is 0.560. The van der Waals surface area contributed by atoms with Gasteiger partial charge in [-0.25, -0.2) is 9.10 Å². The van der Waals surface area contributed by atoms with Gasteiger partial charge in [0.05, 0.1) is 0 Å². The number of carbonyl (C=O) groups is 1. The molecule has 1 fully saturated rings. The third-order valence-corrected chi connectivity index (χ3v) is 4.09. The minimum Gasteiger partial charge on any atom is -0.443 e. The smallest absolute Gasteiger partial charge is 0.422 e. The summed E-state index contributed by atoms with van der Waals surface area (Å²) in [5.74, 6) is 0. The first kappa shape index (κ1) is 12.8. The fourth-order valence-corrected chi connectivity index (χ4v) is 3.32. The Morgan fingerprint density at radius 1 is 1.42 bits per heavy atom. The first-order valence-corrected chi connectivity index (χ1v) is 7.09. The lowest BCUT2D eigenvalue weighted by molar-refractivity contribution is 0.0350. The normalized spacial score (nSPS) is 25.1. The Morgan fingerprint density at radius 3 is 2.89 bits per heavy atom. The molecule has 1 heterocycles. The molecule has 0 bridgehead atoms. The van der Waals surface area contributed by atoms with Crippen LogP contribution in [0.5, 0.6) is 0 Å². The molecule has 1 aliphatic carbocycles. The number of hydrogen-bond donors (Lipinski definition) is 0. The molecule has 0 spiro atoms. The lowest BCUT2D eigenvalue weighted by Crippen LogP contribution is -2.34. The van der Waals surface area contributed by atoms with Gasteiger partial charge in [-0.3, -0.25) is 4.18 Å². The first-order valence-electron chi connectivity index (χ1n) is 6.39. The molecule has 1 aliphatic heterocycles. The number of benzene rings is 1. The van der Waals surface area contributed by atoms with Crippen molar-refractivity contribution in [2.24, 2.45) is 0 Å². The SMILES string of the molecule is CC(C)(C)OC(=O)N1SO[C@H]2Cc3ccccc3[C@H]21. The predicted molar refractivity (Wildman–Crippen MR) is 73.4 cm³/mol. The summed E-state index contributed by atoms with van der Waals surface area (Å²) in [4.78, 5) is 12.2. The van der Waals surface area contributed by atoms with E-state index >= 15 is 0 Å². The highest BCUT2D eigenvalue weighted by atomic mass is 32.2. The molecule has 0 unspecified atom stereocenters. The van der Waals surface area contributed by atoms with E-state index in [2.05, 4.69) is 12.1 Å². The summed E-state index contributed by atoms with van der Waals surface area (Å²) in [5.41, 5.74) is 1.93. The standard InChI is InChI=1S/C14H17NO3S/c1-14(2,3)17-13(16)15-12-10-7-5-4-6-9(10)8-11(12)18-19-15/h4-7,11-12H,8H2,1-3H3/t11-,12+/m0/s1. The quantitative estimate of drug-likeness (QED) is 0.538. The number of ether oxygens (including phenoxy) is 1. The molecule has 0 N–H and O–H groups in total. The van der Waals surface area contributed by atoms with E-state index in [1.54, 1.807) is 4.31 Å². The van der Waals surface area contributed by atoms with Crippen LogP contribution in [0.15, 0.2) is 24.3 Å². The molecule has 1 amide bonds. The second-order valence-corrected chi connectivity index (χ2v) is 6.60. The molecule has 0 saturated carbocycles. The number of amides is 1. The Balaban J connectivity index is 1.84. The maximum Gasteiger partial charge on any atom is 0.422 e. The van der Waals surface area contributed by atoms with E-state index in [1.165, 1.54) is 11.1 Å². The third-order valence-electron chi connectivity index (χ3n) is 3.22. The summed E-state index contributed by atoms with van der Waals surface area (Å²) in [5, 5.41) is 0. The van der Waals surface area contributed by atoms with Crippen LogP contribution in [0.25, 0.3) is 0 Å². The van der Waals surface area contributed by atoms with Gasteiger partial charge >= 0.3 is 6.09 Å². The molecule has 2 atom stereocenters. The van der Waals surface area contributed by atoms with E-state index in [0.29, 0.717) is 0 Å². The highest BCUT2D eigenvalue weighted by molar-refractivity contribution is 7.93. The Bertz CT molecular complexity index is 512. The molecule has 0 radical (unpaired) electrons. The van der Waals surface area contributed by atoms with E-state index in [1.807, 2.05) is 32.9 Å². The van der Waals surface area contributed by atoms with Crippen molar-refractivity contribution in [3.8, 4) is 0 Å². The molecular weight excluding hydrogens is 262 g/mol. The largest absolute Gasteiger partial charge is 0.443 e. The minimum absolute atomic E-state index is 0.0314. The summed E-state index contributed by atoms with van der Waals surface area (Å²) < 4.78 is 12.7. The molecule has 19 heavy (non-hydrogen) atoms. The Hall–Kier alpha value is -1.20. The zero-order chi connectivity index (χ0) is 13.6. The van der Waals surface area contributed by atoms with E-state index in [0.717, 1.165) is 18.6 Å². The van der Waals surface area contributed by atoms with Crippen LogP contribution in [0.4, 0.5) is 4.79 Å². The summed E-state index contributed by atoms with van der Waals surface area (Å²) in [7, 11) is 0. The highest BCUT2D eigenvalue weighted by Gasteiger charge is 2.47. The van der Waals surface area contributed by atoms with Crippen LogP contribution in [0.3, 0.4) is 0 Å². The van der Waals surface area contributed by atoms with Crippen LogP contribution < -0.4 is 0 Å². The van der Waals surface area contributed by atoms with Gasteiger partial charge in [0.15, 0.2) is 0 Å². The summed E-state index contributed by atoms with van der Waals surface area (Å²) in [6.45, 7) is 5.60. The first-order chi connectivity index (χ1) is 8.96. The van der Waals surface area contributed by atoms with Gasteiger partial charge in [0.25, 0.3) is 0 Å². The van der Waals surface area contributed by atoms with Gasteiger partial charge < -0.3 is 4.74 Å². The fourth-order valence-electron chi connectivity index (χ4n) is 2.50. The molecule has 1 saturated heterocycles. The molecule has 102 valence electrons. The topological polar surface area (TPSA) is 38.8 Å². The second kappa shape index (κ2) is 4.42. The summed E-state index contributed by atoms with van der Waals surface area (Å²) >= 11 is 1.11. The van der Waals surface area contributed by atoms with Crippen LogP contribution in [-0.4, -0.2) is 22.1 Å². The van der Waals surface area contributed by atoms with Gasteiger partial charge in [0.2, 0.25) is 0 Å². The Kier molecular flexibility index (Phi) is 2.98. The molecule has 3 rings (SSSR count). The number of nitrogens with zero attached hydrogens (tertiary/aromatic N) is 1. The van der Waals surface area contributed by atoms with Gasteiger partial charge in [-0.2, -0.15) is 0 Å². The van der Waals surface area contributed by atoms with Crippen LogP contribution in [-0.2, 0) is 15.3 Å². The Morgan fingerprint density at radius 2 is 2.16 bits per heavy atom.